The molecule has 0 amide bonds. The number of carbonyl (C=O) groups is 1. The summed E-state index contributed by atoms with van der Waals surface area (Å²) in [4.78, 5) is 12.4. The Balaban J connectivity index is 2.26. The lowest BCUT2D eigenvalue weighted by atomic mass is 9.79. The van der Waals surface area contributed by atoms with E-state index in [2.05, 4.69) is 0 Å². The van der Waals surface area contributed by atoms with Crippen molar-refractivity contribution >= 4 is 11.5 Å². The van der Waals surface area contributed by atoms with Crippen LogP contribution in [0.4, 0.5) is 0 Å². The zero-order valence-corrected chi connectivity index (χ0v) is 13.3. The van der Waals surface area contributed by atoms with E-state index in [1.165, 1.54) is 0 Å². The maximum Gasteiger partial charge on any atom is 0.168 e. The molecule has 2 N–H and O–H groups in total. The van der Waals surface area contributed by atoms with E-state index in [9.17, 15) is 9.90 Å². The van der Waals surface area contributed by atoms with E-state index >= 15 is 0 Å². The number of hydrogen-bond acceptors (Lipinski definition) is 4. The van der Waals surface area contributed by atoms with Crippen LogP contribution in [0, 0.1) is 12.3 Å². The lowest BCUT2D eigenvalue weighted by molar-refractivity contribution is -0.116. The molecule has 0 spiro atoms. The van der Waals surface area contributed by atoms with Crippen molar-refractivity contribution in [2.75, 3.05) is 6.61 Å². The fourth-order valence-electron chi connectivity index (χ4n) is 3.00. The SMILES string of the molecule is CCOC(C)C(=N)C1=C(O)CC(c2ccccc2C)CC1=O. The maximum absolute atomic E-state index is 12.4. The molecule has 1 aromatic rings. The van der Waals surface area contributed by atoms with Gasteiger partial charge in [-0.15, -0.1) is 0 Å². The van der Waals surface area contributed by atoms with Gasteiger partial charge in [0, 0.05) is 19.4 Å². The molecule has 4 nitrogen and oxygen atoms in total. The molecule has 0 saturated heterocycles. The van der Waals surface area contributed by atoms with Crippen LogP contribution in [0.5, 0.6) is 0 Å². The quantitative estimate of drug-likeness (QED) is 0.815. The van der Waals surface area contributed by atoms with Gasteiger partial charge in [0.05, 0.1) is 17.4 Å². The van der Waals surface area contributed by atoms with Crippen molar-refractivity contribution in [1.82, 2.24) is 0 Å². The van der Waals surface area contributed by atoms with E-state index in [1.54, 1.807) is 6.92 Å². The fraction of sp³-hybridized carbons (Fsp3) is 0.444. The molecule has 0 heterocycles. The topological polar surface area (TPSA) is 70.4 Å². The van der Waals surface area contributed by atoms with Gasteiger partial charge in [-0.1, -0.05) is 24.3 Å². The van der Waals surface area contributed by atoms with Gasteiger partial charge >= 0.3 is 0 Å². The molecule has 0 fully saturated rings. The summed E-state index contributed by atoms with van der Waals surface area (Å²) in [5, 5.41) is 18.4. The van der Waals surface area contributed by atoms with Crippen LogP contribution >= 0.6 is 0 Å². The highest BCUT2D eigenvalue weighted by atomic mass is 16.5. The number of rotatable bonds is 5. The van der Waals surface area contributed by atoms with E-state index in [0.717, 1.165) is 11.1 Å². The summed E-state index contributed by atoms with van der Waals surface area (Å²) in [6.45, 7) is 6.05. The smallest absolute Gasteiger partial charge is 0.168 e. The highest BCUT2D eigenvalue weighted by molar-refractivity contribution is 6.23. The second kappa shape index (κ2) is 6.88. The number of allylic oxidation sites excluding steroid dienone is 1. The molecule has 0 radical (unpaired) electrons. The molecular weight excluding hydrogens is 278 g/mol. The van der Waals surface area contributed by atoms with Crippen molar-refractivity contribution < 1.29 is 14.6 Å². The van der Waals surface area contributed by atoms with Gasteiger partial charge in [-0.2, -0.15) is 0 Å². The summed E-state index contributed by atoms with van der Waals surface area (Å²) in [5.74, 6) is -0.178. The minimum Gasteiger partial charge on any atom is -0.511 e. The number of aliphatic hydroxyl groups excluding tert-OH is 1. The number of benzene rings is 1. The van der Waals surface area contributed by atoms with E-state index < -0.39 is 6.10 Å². The third kappa shape index (κ3) is 3.28. The Kier molecular flexibility index (Phi) is 5.14. The van der Waals surface area contributed by atoms with Crippen LogP contribution in [0.25, 0.3) is 0 Å². The number of nitrogens with one attached hydrogen (secondary N) is 1. The third-order valence-corrected chi connectivity index (χ3v) is 4.16. The van der Waals surface area contributed by atoms with Crippen molar-refractivity contribution in [3.63, 3.8) is 0 Å². The highest BCUT2D eigenvalue weighted by Crippen LogP contribution is 2.35. The van der Waals surface area contributed by atoms with Gasteiger partial charge in [0.1, 0.15) is 5.76 Å². The Morgan fingerprint density at radius 2 is 2.09 bits per heavy atom. The lowest BCUT2D eigenvalue weighted by Gasteiger charge is -2.26. The molecule has 22 heavy (non-hydrogen) atoms. The minimum atomic E-state index is -0.485. The van der Waals surface area contributed by atoms with Crippen molar-refractivity contribution in [2.45, 2.75) is 45.6 Å². The molecule has 1 aromatic carbocycles. The molecule has 118 valence electrons. The predicted molar refractivity (Wildman–Crippen MR) is 86.6 cm³/mol. The average Bonchev–Trinajstić information content (AvgIpc) is 2.47. The maximum atomic E-state index is 12.4. The second-order valence-corrected chi connectivity index (χ2v) is 5.72. The fourth-order valence-corrected chi connectivity index (χ4v) is 3.00. The number of ether oxygens (including phenoxy) is 1. The van der Waals surface area contributed by atoms with E-state index in [-0.39, 0.29) is 28.7 Å². The van der Waals surface area contributed by atoms with Crippen LogP contribution in [0.2, 0.25) is 0 Å². The van der Waals surface area contributed by atoms with E-state index in [1.807, 2.05) is 38.1 Å². The Morgan fingerprint density at radius 1 is 1.41 bits per heavy atom. The predicted octanol–water partition coefficient (Wildman–Crippen LogP) is 3.70. The highest BCUT2D eigenvalue weighted by Gasteiger charge is 2.32. The Morgan fingerprint density at radius 3 is 2.68 bits per heavy atom. The molecule has 4 heteroatoms. The number of ketones is 1. The Bertz CT molecular complexity index is 619. The van der Waals surface area contributed by atoms with Crippen LogP contribution in [0.3, 0.4) is 0 Å². The lowest BCUT2D eigenvalue weighted by Crippen LogP contribution is -2.30. The summed E-state index contributed by atoms with van der Waals surface area (Å²) < 4.78 is 5.36. The first kappa shape index (κ1) is 16.4. The zero-order valence-electron chi connectivity index (χ0n) is 13.3. The summed E-state index contributed by atoms with van der Waals surface area (Å²) in [7, 11) is 0. The van der Waals surface area contributed by atoms with Gasteiger partial charge in [-0.3, -0.25) is 4.79 Å². The number of aliphatic hydroxyl groups is 1. The standard InChI is InChI=1S/C18H23NO3/c1-4-22-12(3)18(19)17-15(20)9-13(10-16(17)21)14-8-6-5-7-11(14)2/h5-8,12-13,19-20H,4,9-10H2,1-3H3. The first-order chi connectivity index (χ1) is 10.5. The molecule has 0 bridgehead atoms. The first-order valence-corrected chi connectivity index (χ1v) is 7.66. The first-order valence-electron chi connectivity index (χ1n) is 7.66. The molecule has 0 aromatic heterocycles. The summed E-state index contributed by atoms with van der Waals surface area (Å²) in [6, 6.07) is 7.92. The molecule has 0 aliphatic heterocycles. The Labute approximate surface area is 131 Å². The Hall–Kier alpha value is -1.94. The van der Waals surface area contributed by atoms with Gasteiger partial charge in [0.2, 0.25) is 0 Å². The van der Waals surface area contributed by atoms with Crippen molar-refractivity contribution in [3.8, 4) is 0 Å². The largest absolute Gasteiger partial charge is 0.511 e. The normalized spacial score (nSPS) is 20.1. The third-order valence-electron chi connectivity index (χ3n) is 4.16. The van der Waals surface area contributed by atoms with Gasteiger partial charge in [-0.05, 0) is 37.8 Å². The zero-order chi connectivity index (χ0) is 16.3. The molecular formula is C18H23NO3. The summed E-state index contributed by atoms with van der Waals surface area (Å²) in [6.07, 6.45) is 0.236. The van der Waals surface area contributed by atoms with Crippen LogP contribution in [-0.4, -0.2) is 29.3 Å². The van der Waals surface area contributed by atoms with Crippen LogP contribution < -0.4 is 0 Å². The monoisotopic (exact) mass is 301 g/mol. The minimum absolute atomic E-state index is 0.0149. The number of hydrogen-bond donors (Lipinski definition) is 2. The second-order valence-electron chi connectivity index (χ2n) is 5.72. The van der Waals surface area contributed by atoms with Gasteiger partial charge in [0.15, 0.2) is 5.78 Å². The van der Waals surface area contributed by atoms with Crippen molar-refractivity contribution in [3.05, 3.63) is 46.7 Å². The number of Topliss-reactive ketones (excluding diaryl/α,β-unsaturated/α-hetero) is 1. The summed E-state index contributed by atoms with van der Waals surface area (Å²) >= 11 is 0. The number of aryl methyl sites for hydroxylation is 1. The molecule has 2 rings (SSSR count). The van der Waals surface area contributed by atoms with Crippen LogP contribution in [0.1, 0.15) is 43.7 Å². The summed E-state index contributed by atoms with van der Waals surface area (Å²) in [5.41, 5.74) is 2.43. The van der Waals surface area contributed by atoms with E-state index in [4.69, 9.17) is 10.1 Å². The molecule has 2 atom stereocenters. The van der Waals surface area contributed by atoms with Gasteiger partial charge in [-0.25, -0.2) is 0 Å². The van der Waals surface area contributed by atoms with Crippen LogP contribution in [-0.2, 0) is 9.53 Å². The number of carbonyl (C=O) groups excluding carboxylic acids is 1. The van der Waals surface area contributed by atoms with Crippen molar-refractivity contribution in [2.24, 2.45) is 0 Å². The van der Waals surface area contributed by atoms with Gasteiger partial charge in [0.25, 0.3) is 0 Å². The molecule has 1 aliphatic rings. The molecule has 0 saturated carbocycles. The molecule has 2 unspecified atom stereocenters. The average molecular weight is 301 g/mol. The molecule has 1 aliphatic carbocycles. The van der Waals surface area contributed by atoms with Crippen LogP contribution in [0.15, 0.2) is 35.6 Å². The van der Waals surface area contributed by atoms with Gasteiger partial charge < -0.3 is 15.3 Å². The van der Waals surface area contributed by atoms with E-state index in [0.29, 0.717) is 19.4 Å². The van der Waals surface area contributed by atoms with Crippen molar-refractivity contribution in [1.29, 1.82) is 5.41 Å².